The van der Waals surface area contributed by atoms with Crippen molar-refractivity contribution in [1.82, 2.24) is 5.32 Å². The van der Waals surface area contributed by atoms with E-state index in [-0.39, 0.29) is 43.0 Å². The first-order chi connectivity index (χ1) is 9.06. The maximum atomic E-state index is 11.9. The molecular weight excluding hydrogens is 280 g/mol. The van der Waals surface area contributed by atoms with Crippen LogP contribution in [0.2, 0.25) is 0 Å². The molecule has 3 N–H and O–H groups in total. The molecule has 0 aliphatic carbocycles. The van der Waals surface area contributed by atoms with E-state index >= 15 is 0 Å². The predicted octanol–water partition coefficient (Wildman–Crippen LogP) is 1.54. The monoisotopic (exact) mass is 300 g/mol. The number of ether oxygens (including phenoxy) is 1. The van der Waals surface area contributed by atoms with Crippen molar-refractivity contribution in [3.05, 3.63) is 29.8 Å². The number of ketones is 1. The first kappa shape index (κ1) is 18.4. The molecule has 0 fully saturated rings. The maximum absolute atomic E-state index is 11.9. The van der Waals surface area contributed by atoms with Gasteiger partial charge in [0.05, 0.1) is 7.11 Å². The number of halogens is 1. The van der Waals surface area contributed by atoms with Gasteiger partial charge < -0.3 is 15.8 Å². The summed E-state index contributed by atoms with van der Waals surface area (Å²) in [6.45, 7) is 2.21. The molecule has 6 heteroatoms. The van der Waals surface area contributed by atoms with Crippen molar-refractivity contribution in [3.8, 4) is 5.75 Å². The molecule has 1 aromatic carbocycles. The first-order valence-electron chi connectivity index (χ1n) is 6.23. The van der Waals surface area contributed by atoms with Gasteiger partial charge in [0.15, 0.2) is 5.78 Å². The zero-order chi connectivity index (χ0) is 14.3. The average molecular weight is 301 g/mol. The molecular formula is C14H21ClN2O3. The number of amides is 1. The summed E-state index contributed by atoms with van der Waals surface area (Å²) < 4.78 is 5.02. The highest BCUT2D eigenvalue weighted by Crippen LogP contribution is 2.13. The van der Waals surface area contributed by atoms with Crippen LogP contribution in [0.4, 0.5) is 0 Å². The fourth-order valence-electron chi connectivity index (χ4n) is 1.55. The number of nitrogens with one attached hydrogen (secondary N) is 1. The minimum atomic E-state index is -0.153. The van der Waals surface area contributed by atoms with E-state index < -0.39 is 0 Å². The molecule has 1 amide bonds. The van der Waals surface area contributed by atoms with Crippen LogP contribution in [0.1, 0.15) is 30.1 Å². The number of Topliss-reactive ketones (excluding diaryl/α,β-unsaturated/α-hetero) is 1. The minimum absolute atomic E-state index is 0. The van der Waals surface area contributed by atoms with Gasteiger partial charge in [0, 0.05) is 31.0 Å². The zero-order valence-electron chi connectivity index (χ0n) is 11.7. The van der Waals surface area contributed by atoms with Crippen molar-refractivity contribution >= 4 is 24.1 Å². The molecule has 112 valence electrons. The molecule has 0 heterocycles. The van der Waals surface area contributed by atoms with Crippen LogP contribution in [0.15, 0.2) is 24.3 Å². The third-order valence-electron chi connectivity index (χ3n) is 2.75. The van der Waals surface area contributed by atoms with Gasteiger partial charge in [0.2, 0.25) is 5.91 Å². The highest BCUT2D eigenvalue weighted by molar-refractivity contribution is 5.98. The lowest BCUT2D eigenvalue weighted by molar-refractivity contribution is -0.121. The molecule has 0 spiro atoms. The van der Waals surface area contributed by atoms with Crippen LogP contribution in [-0.4, -0.2) is 31.4 Å². The maximum Gasteiger partial charge on any atom is 0.220 e. The normalized spacial score (nSPS) is 11.2. The van der Waals surface area contributed by atoms with E-state index in [4.69, 9.17) is 10.5 Å². The van der Waals surface area contributed by atoms with Gasteiger partial charge in [-0.2, -0.15) is 0 Å². The number of methoxy groups -OCH3 is 1. The summed E-state index contributed by atoms with van der Waals surface area (Å²) >= 11 is 0. The summed E-state index contributed by atoms with van der Waals surface area (Å²) in [5, 5.41) is 2.72. The molecule has 5 nitrogen and oxygen atoms in total. The largest absolute Gasteiger partial charge is 0.497 e. The van der Waals surface area contributed by atoms with Gasteiger partial charge in [0.1, 0.15) is 5.75 Å². The van der Waals surface area contributed by atoms with E-state index in [2.05, 4.69) is 5.32 Å². The summed E-state index contributed by atoms with van der Waals surface area (Å²) in [4.78, 5) is 23.4. The van der Waals surface area contributed by atoms with Gasteiger partial charge in [0.25, 0.3) is 0 Å². The van der Waals surface area contributed by atoms with Crippen LogP contribution in [0.3, 0.4) is 0 Å². The molecule has 0 radical (unpaired) electrons. The van der Waals surface area contributed by atoms with Gasteiger partial charge >= 0.3 is 0 Å². The van der Waals surface area contributed by atoms with Crippen LogP contribution >= 0.6 is 12.4 Å². The van der Waals surface area contributed by atoms with Crippen molar-refractivity contribution in [1.29, 1.82) is 0 Å². The second-order valence-corrected chi connectivity index (χ2v) is 4.36. The van der Waals surface area contributed by atoms with Gasteiger partial charge in [-0.05, 0) is 31.2 Å². The van der Waals surface area contributed by atoms with Crippen LogP contribution in [0, 0.1) is 0 Å². The molecule has 0 aliphatic heterocycles. The summed E-state index contributed by atoms with van der Waals surface area (Å²) in [6.07, 6.45) is 0.366. The Morgan fingerprint density at radius 3 is 2.35 bits per heavy atom. The van der Waals surface area contributed by atoms with Crippen molar-refractivity contribution in [3.63, 3.8) is 0 Å². The van der Waals surface area contributed by atoms with Crippen LogP contribution < -0.4 is 15.8 Å². The first-order valence-corrected chi connectivity index (χ1v) is 6.23. The Hall–Kier alpha value is -1.59. The number of carbonyl (C=O) groups is 2. The standard InChI is InChI=1S/C14H20N2O3.ClH/c1-10(9-15)16-14(18)8-7-13(17)11-3-5-12(19-2)6-4-11;/h3-6,10H,7-9,15H2,1-2H3,(H,16,18);1H/t10-;/m0./s1. The number of benzene rings is 1. The summed E-state index contributed by atoms with van der Waals surface area (Å²) in [5.41, 5.74) is 5.98. The van der Waals surface area contributed by atoms with E-state index in [0.29, 0.717) is 17.9 Å². The van der Waals surface area contributed by atoms with Crippen LogP contribution in [-0.2, 0) is 4.79 Å². The Morgan fingerprint density at radius 1 is 1.25 bits per heavy atom. The Bertz CT molecular complexity index is 435. The number of hydrogen-bond acceptors (Lipinski definition) is 4. The minimum Gasteiger partial charge on any atom is -0.497 e. The van der Waals surface area contributed by atoms with Crippen molar-refractivity contribution in [2.24, 2.45) is 5.73 Å². The highest BCUT2D eigenvalue weighted by atomic mass is 35.5. The van der Waals surface area contributed by atoms with E-state index in [1.807, 2.05) is 6.92 Å². The number of hydrogen-bond donors (Lipinski definition) is 2. The quantitative estimate of drug-likeness (QED) is 0.749. The zero-order valence-corrected chi connectivity index (χ0v) is 12.5. The summed E-state index contributed by atoms with van der Waals surface area (Å²) in [5.74, 6) is 0.490. The third-order valence-corrected chi connectivity index (χ3v) is 2.75. The van der Waals surface area contributed by atoms with Gasteiger partial charge in [-0.1, -0.05) is 0 Å². The van der Waals surface area contributed by atoms with E-state index in [1.165, 1.54) is 0 Å². The van der Waals surface area contributed by atoms with Gasteiger partial charge in [-0.3, -0.25) is 9.59 Å². The molecule has 0 unspecified atom stereocenters. The Morgan fingerprint density at radius 2 is 1.85 bits per heavy atom. The summed E-state index contributed by atoms with van der Waals surface area (Å²) in [7, 11) is 1.57. The lowest BCUT2D eigenvalue weighted by Gasteiger charge is -2.10. The van der Waals surface area contributed by atoms with Crippen LogP contribution in [0.5, 0.6) is 5.75 Å². The molecule has 20 heavy (non-hydrogen) atoms. The lowest BCUT2D eigenvalue weighted by Crippen LogP contribution is -2.37. The third kappa shape index (κ3) is 6.04. The van der Waals surface area contributed by atoms with Crippen molar-refractivity contribution < 1.29 is 14.3 Å². The SMILES string of the molecule is COc1ccc(C(=O)CCC(=O)N[C@@H](C)CN)cc1.Cl. The summed E-state index contributed by atoms with van der Waals surface area (Å²) in [6, 6.07) is 6.78. The van der Waals surface area contributed by atoms with Gasteiger partial charge in [-0.25, -0.2) is 0 Å². The fraction of sp³-hybridized carbons (Fsp3) is 0.429. The van der Waals surface area contributed by atoms with Crippen molar-refractivity contribution in [2.75, 3.05) is 13.7 Å². The van der Waals surface area contributed by atoms with E-state index in [9.17, 15) is 9.59 Å². The van der Waals surface area contributed by atoms with Crippen molar-refractivity contribution in [2.45, 2.75) is 25.8 Å². The molecule has 0 bridgehead atoms. The molecule has 1 rings (SSSR count). The van der Waals surface area contributed by atoms with E-state index in [1.54, 1.807) is 31.4 Å². The Kier molecular flexibility index (Phi) is 8.59. The Labute approximate surface area is 125 Å². The second kappa shape index (κ2) is 9.34. The molecule has 0 aromatic heterocycles. The fourth-order valence-corrected chi connectivity index (χ4v) is 1.55. The molecule has 1 aromatic rings. The smallest absolute Gasteiger partial charge is 0.220 e. The van der Waals surface area contributed by atoms with Gasteiger partial charge in [-0.15, -0.1) is 12.4 Å². The topological polar surface area (TPSA) is 81.4 Å². The molecule has 0 saturated heterocycles. The Balaban J connectivity index is 0.00000361. The van der Waals surface area contributed by atoms with Crippen LogP contribution in [0.25, 0.3) is 0 Å². The molecule has 0 saturated carbocycles. The van der Waals surface area contributed by atoms with E-state index in [0.717, 1.165) is 0 Å². The molecule has 0 aliphatic rings. The number of carbonyl (C=O) groups excluding carboxylic acids is 2. The predicted molar refractivity (Wildman–Crippen MR) is 80.5 cm³/mol. The molecule has 1 atom stereocenters. The average Bonchev–Trinajstić information content (AvgIpc) is 2.44. The highest BCUT2D eigenvalue weighted by Gasteiger charge is 2.10. The second-order valence-electron chi connectivity index (χ2n) is 4.36. The lowest BCUT2D eigenvalue weighted by atomic mass is 10.1. The number of rotatable bonds is 7. The number of nitrogens with two attached hydrogens (primary N) is 1.